The standard InChI is InChI=1S/C10H20BrF2NO2/c1-15-7-8-16-6-2-4-14(5-3-11)9-10(12)13/h10H,2-9H2,1H3. The van der Waals surface area contributed by atoms with Crippen LogP contribution in [0.1, 0.15) is 6.42 Å². The Bertz CT molecular complexity index is 153. The molecular formula is C10H20BrF2NO2. The maximum absolute atomic E-state index is 12.2. The fourth-order valence-electron chi connectivity index (χ4n) is 1.24. The maximum atomic E-state index is 12.2. The van der Waals surface area contributed by atoms with Crippen LogP contribution >= 0.6 is 15.9 Å². The number of nitrogens with zero attached hydrogens (tertiary/aromatic N) is 1. The Hall–Kier alpha value is 0.220. The van der Waals surface area contributed by atoms with Gasteiger partial charge in [0.25, 0.3) is 6.43 Å². The molecule has 98 valence electrons. The minimum absolute atomic E-state index is 0.163. The number of hydrogen-bond donors (Lipinski definition) is 0. The van der Waals surface area contributed by atoms with E-state index in [9.17, 15) is 8.78 Å². The van der Waals surface area contributed by atoms with Crippen LogP contribution in [0, 0.1) is 0 Å². The van der Waals surface area contributed by atoms with E-state index in [1.165, 1.54) is 0 Å². The van der Waals surface area contributed by atoms with Gasteiger partial charge in [-0.05, 0) is 6.42 Å². The van der Waals surface area contributed by atoms with Crippen molar-refractivity contribution in [3.63, 3.8) is 0 Å². The normalized spacial score (nSPS) is 11.6. The van der Waals surface area contributed by atoms with E-state index >= 15 is 0 Å². The van der Waals surface area contributed by atoms with Gasteiger partial charge in [0.15, 0.2) is 0 Å². The van der Waals surface area contributed by atoms with E-state index in [4.69, 9.17) is 9.47 Å². The van der Waals surface area contributed by atoms with Crippen molar-refractivity contribution in [2.75, 3.05) is 51.9 Å². The van der Waals surface area contributed by atoms with Gasteiger partial charge in [-0.15, -0.1) is 0 Å². The lowest BCUT2D eigenvalue weighted by Crippen LogP contribution is -2.32. The SMILES string of the molecule is COCCOCCCN(CCBr)CC(F)F. The van der Waals surface area contributed by atoms with Crippen LogP contribution in [0.2, 0.25) is 0 Å². The minimum atomic E-state index is -2.27. The number of hydrogen-bond acceptors (Lipinski definition) is 3. The quantitative estimate of drug-likeness (QED) is 0.430. The molecule has 16 heavy (non-hydrogen) atoms. The van der Waals surface area contributed by atoms with Crippen molar-refractivity contribution in [2.24, 2.45) is 0 Å². The third kappa shape index (κ3) is 10.7. The van der Waals surface area contributed by atoms with Gasteiger partial charge in [0, 0.05) is 32.1 Å². The largest absolute Gasteiger partial charge is 0.382 e. The zero-order valence-corrected chi connectivity index (χ0v) is 11.2. The Morgan fingerprint density at radius 3 is 2.50 bits per heavy atom. The molecule has 0 spiro atoms. The summed E-state index contributed by atoms with van der Waals surface area (Å²) < 4.78 is 34.4. The van der Waals surface area contributed by atoms with Gasteiger partial charge in [-0.2, -0.15) is 0 Å². The van der Waals surface area contributed by atoms with Gasteiger partial charge in [-0.25, -0.2) is 8.78 Å². The van der Waals surface area contributed by atoms with E-state index in [-0.39, 0.29) is 6.54 Å². The van der Waals surface area contributed by atoms with Crippen LogP contribution in [0.5, 0.6) is 0 Å². The van der Waals surface area contributed by atoms with Gasteiger partial charge in [0.05, 0.1) is 19.8 Å². The molecule has 0 amide bonds. The molecule has 0 N–H and O–H groups in total. The average molecular weight is 304 g/mol. The summed E-state index contributed by atoms with van der Waals surface area (Å²) >= 11 is 3.25. The molecule has 0 aromatic carbocycles. The van der Waals surface area contributed by atoms with E-state index in [1.807, 2.05) is 0 Å². The molecular weight excluding hydrogens is 284 g/mol. The first-order chi connectivity index (χ1) is 7.70. The van der Waals surface area contributed by atoms with Crippen molar-refractivity contribution in [1.82, 2.24) is 4.90 Å². The van der Waals surface area contributed by atoms with Crippen molar-refractivity contribution in [3.8, 4) is 0 Å². The van der Waals surface area contributed by atoms with Crippen LogP contribution in [0.25, 0.3) is 0 Å². The topological polar surface area (TPSA) is 21.7 Å². The van der Waals surface area contributed by atoms with Crippen molar-refractivity contribution in [3.05, 3.63) is 0 Å². The Morgan fingerprint density at radius 1 is 1.19 bits per heavy atom. The van der Waals surface area contributed by atoms with Gasteiger partial charge < -0.3 is 9.47 Å². The van der Waals surface area contributed by atoms with Crippen LogP contribution < -0.4 is 0 Å². The van der Waals surface area contributed by atoms with Crippen LogP contribution in [0.15, 0.2) is 0 Å². The molecule has 0 aliphatic carbocycles. The summed E-state index contributed by atoms with van der Waals surface area (Å²) in [5, 5.41) is 0.713. The fourth-order valence-corrected chi connectivity index (χ4v) is 1.75. The highest BCUT2D eigenvalue weighted by molar-refractivity contribution is 9.09. The molecule has 0 aromatic rings. The second kappa shape index (κ2) is 11.7. The van der Waals surface area contributed by atoms with Crippen LogP contribution in [-0.2, 0) is 9.47 Å². The Kier molecular flexibility index (Phi) is 11.9. The molecule has 0 heterocycles. The summed E-state index contributed by atoms with van der Waals surface area (Å²) in [6.45, 7) is 2.84. The highest BCUT2D eigenvalue weighted by Gasteiger charge is 2.10. The van der Waals surface area contributed by atoms with Gasteiger partial charge in [0.2, 0.25) is 0 Å². The average Bonchev–Trinajstić information content (AvgIpc) is 2.22. The molecule has 0 radical (unpaired) electrons. The molecule has 0 saturated carbocycles. The Morgan fingerprint density at radius 2 is 1.94 bits per heavy atom. The lowest BCUT2D eigenvalue weighted by molar-refractivity contribution is 0.0573. The first-order valence-corrected chi connectivity index (χ1v) is 6.46. The lowest BCUT2D eigenvalue weighted by atomic mass is 10.4. The van der Waals surface area contributed by atoms with Gasteiger partial charge >= 0.3 is 0 Å². The zero-order chi connectivity index (χ0) is 12.2. The lowest BCUT2D eigenvalue weighted by Gasteiger charge is -2.20. The molecule has 0 aliphatic rings. The minimum Gasteiger partial charge on any atom is -0.382 e. The zero-order valence-electron chi connectivity index (χ0n) is 9.63. The summed E-state index contributed by atoms with van der Waals surface area (Å²) in [6.07, 6.45) is -1.50. The van der Waals surface area contributed by atoms with Crippen molar-refractivity contribution >= 4 is 15.9 Å². The summed E-state index contributed by atoms with van der Waals surface area (Å²) in [5.41, 5.74) is 0. The Labute approximate surface area is 104 Å². The second-order valence-electron chi connectivity index (χ2n) is 3.34. The molecule has 0 atom stereocenters. The third-order valence-corrected chi connectivity index (χ3v) is 2.35. The second-order valence-corrected chi connectivity index (χ2v) is 4.13. The van der Waals surface area contributed by atoms with Gasteiger partial charge in [-0.3, -0.25) is 4.90 Å². The molecule has 6 heteroatoms. The number of alkyl halides is 3. The first-order valence-electron chi connectivity index (χ1n) is 5.33. The summed E-state index contributed by atoms with van der Waals surface area (Å²) in [5.74, 6) is 0. The van der Waals surface area contributed by atoms with Crippen LogP contribution in [0.3, 0.4) is 0 Å². The van der Waals surface area contributed by atoms with E-state index < -0.39 is 6.43 Å². The first kappa shape index (κ1) is 16.2. The van der Waals surface area contributed by atoms with Crippen LogP contribution in [0.4, 0.5) is 8.78 Å². The smallest absolute Gasteiger partial charge is 0.251 e. The third-order valence-electron chi connectivity index (χ3n) is 1.99. The molecule has 0 aliphatic heterocycles. The summed E-state index contributed by atoms with van der Waals surface area (Å²) in [7, 11) is 1.61. The van der Waals surface area contributed by atoms with E-state index in [0.717, 1.165) is 6.42 Å². The maximum Gasteiger partial charge on any atom is 0.251 e. The van der Waals surface area contributed by atoms with E-state index in [0.29, 0.717) is 38.2 Å². The number of halogens is 3. The van der Waals surface area contributed by atoms with E-state index in [2.05, 4.69) is 15.9 Å². The predicted molar refractivity (Wildman–Crippen MR) is 63.6 cm³/mol. The molecule has 0 rings (SSSR count). The summed E-state index contributed by atoms with van der Waals surface area (Å²) in [6, 6.07) is 0. The van der Waals surface area contributed by atoms with Crippen molar-refractivity contribution in [1.29, 1.82) is 0 Å². The summed E-state index contributed by atoms with van der Waals surface area (Å²) in [4.78, 5) is 1.74. The molecule has 0 bridgehead atoms. The highest BCUT2D eigenvalue weighted by Crippen LogP contribution is 2.01. The monoisotopic (exact) mass is 303 g/mol. The molecule has 0 aromatic heterocycles. The molecule has 0 fully saturated rings. The highest BCUT2D eigenvalue weighted by atomic mass is 79.9. The molecule has 3 nitrogen and oxygen atoms in total. The Balaban J connectivity index is 3.44. The number of methoxy groups -OCH3 is 1. The van der Waals surface area contributed by atoms with Crippen molar-refractivity contribution in [2.45, 2.75) is 12.8 Å². The number of ether oxygens (including phenoxy) is 2. The van der Waals surface area contributed by atoms with E-state index in [1.54, 1.807) is 12.0 Å². The van der Waals surface area contributed by atoms with Crippen LogP contribution in [-0.4, -0.2) is 63.2 Å². The molecule has 0 unspecified atom stereocenters. The van der Waals surface area contributed by atoms with Crippen molar-refractivity contribution < 1.29 is 18.3 Å². The van der Waals surface area contributed by atoms with Gasteiger partial charge in [0.1, 0.15) is 0 Å². The van der Waals surface area contributed by atoms with Gasteiger partial charge in [-0.1, -0.05) is 15.9 Å². The predicted octanol–water partition coefficient (Wildman–Crippen LogP) is 2.00. The number of rotatable bonds is 11. The fraction of sp³-hybridized carbons (Fsp3) is 1.00. The molecule has 0 saturated heterocycles.